The zero-order valence-electron chi connectivity index (χ0n) is 20.4. The fraction of sp³-hybridized carbons (Fsp3) is 0.548. The van der Waals surface area contributed by atoms with Gasteiger partial charge in [0.15, 0.2) is 0 Å². The molecule has 0 spiro atoms. The highest BCUT2D eigenvalue weighted by Crippen LogP contribution is 2.32. The second-order valence-electron chi connectivity index (χ2n) is 9.62. The third-order valence-electron chi connectivity index (χ3n) is 6.90. The first-order chi connectivity index (χ1) is 15.8. The molecule has 1 saturated carbocycles. The summed E-state index contributed by atoms with van der Waals surface area (Å²) < 4.78 is 6.10. The van der Waals surface area contributed by atoms with E-state index in [1.54, 1.807) is 0 Å². The van der Waals surface area contributed by atoms with Crippen molar-refractivity contribution < 1.29 is 4.74 Å². The molecular formula is C31H42O. The molecule has 0 aromatic heterocycles. The van der Waals surface area contributed by atoms with Crippen LogP contribution in [0.2, 0.25) is 0 Å². The number of rotatable bonds is 11. The van der Waals surface area contributed by atoms with E-state index in [0.717, 1.165) is 35.3 Å². The highest BCUT2D eigenvalue weighted by atomic mass is 16.5. The summed E-state index contributed by atoms with van der Waals surface area (Å²) in [5.74, 6) is 9.23. The maximum atomic E-state index is 6.10. The van der Waals surface area contributed by atoms with Gasteiger partial charge in [-0.05, 0) is 79.5 Å². The lowest BCUT2D eigenvalue weighted by molar-refractivity contribution is 0.177. The molecule has 0 atom stereocenters. The van der Waals surface area contributed by atoms with Crippen molar-refractivity contribution in [3.05, 3.63) is 65.2 Å². The van der Waals surface area contributed by atoms with Crippen LogP contribution in [0.15, 0.2) is 48.5 Å². The van der Waals surface area contributed by atoms with Gasteiger partial charge in [0, 0.05) is 11.1 Å². The lowest BCUT2D eigenvalue weighted by Crippen LogP contribution is -2.20. The van der Waals surface area contributed by atoms with E-state index in [9.17, 15) is 0 Å². The normalized spacial score (nSPS) is 18.1. The highest BCUT2D eigenvalue weighted by Gasteiger charge is 2.21. The molecular weight excluding hydrogens is 388 g/mol. The van der Waals surface area contributed by atoms with Gasteiger partial charge in [0.2, 0.25) is 0 Å². The first kappa shape index (κ1) is 24.4. The average molecular weight is 431 g/mol. The second kappa shape index (κ2) is 14.1. The molecule has 0 bridgehead atoms. The Bertz CT molecular complexity index is 814. The van der Waals surface area contributed by atoms with Crippen molar-refractivity contribution in [1.82, 2.24) is 0 Å². The molecule has 1 fully saturated rings. The van der Waals surface area contributed by atoms with Crippen molar-refractivity contribution in [2.24, 2.45) is 11.8 Å². The van der Waals surface area contributed by atoms with E-state index >= 15 is 0 Å². The third kappa shape index (κ3) is 8.74. The van der Waals surface area contributed by atoms with Crippen LogP contribution in [0.1, 0.15) is 101 Å². The van der Waals surface area contributed by atoms with Crippen molar-refractivity contribution in [3.63, 3.8) is 0 Å². The summed E-state index contributed by atoms with van der Waals surface area (Å²) in [7, 11) is 0. The Morgan fingerprint density at radius 2 is 1.25 bits per heavy atom. The number of benzene rings is 2. The summed E-state index contributed by atoms with van der Waals surface area (Å²) in [6.45, 7) is 5.40. The van der Waals surface area contributed by atoms with E-state index in [1.165, 1.54) is 82.6 Å². The van der Waals surface area contributed by atoms with Gasteiger partial charge >= 0.3 is 0 Å². The zero-order chi connectivity index (χ0) is 22.4. The SMILES string of the molecule is CCCCCc1ccc(C#Cc2ccc(OCC3CCC(CCCCC)CC3)cc2)cc1. The van der Waals surface area contributed by atoms with Gasteiger partial charge in [-0.15, -0.1) is 0 Å². The van der Waals surface area contributed by atoms with Gasteiger partial charge in [0.1, 0.15) is 5.75 Å². The number of hydrogen-bond acceptors (Lipinski definition) is 1. The van der Waals surface area contributed by atoms with E-state index in [4.69, 9.17) is 4.74 Å². The van der Waals surface area contributed by atoms with Crippen LogP contribution in [0.4, 0.5) is 0 Å². The van der Waals surface area contributed by atoms with Crippen LogP contribution in [-0.4, -0.2) is 6.61 Å². The molecule has 32 heavy (non-hydrogen) atoms. The van der Waals surface area contributed by atoms with E-state index < -0.39 is 0 Å². The maximum Gasteiger partial charge on any atom is 0.119 e. The molecule has 1 heteroatoms. The number of aryl methyl sites for hydroxylation is 1. The minimum Gasteiger partial charge on any atom is -0.493 e. The molecule has 0 radical (unpaired) electrons. The molecule has 2 aromatic carbocycles. The van der Waals surface area contributed by atoms with Crippen molar-refractivity contribution in [3.8, 4) is 17.6 Å². The van der Waals surface area contributed by atoms with Gasteiger partial charge in [0.25, 0.3) is 0 Å². The Morgan fingerprint density at radius 3 is 1.88 bits per heavy atom. The predicted octanol–water partition coefficient (Wildman–Crippen LogP) is 8.58. The minimum absolute atomic E-state index is 0.724. The van der Waals surface area contributed by atoms with Crippen molar-refractivity contribution in [2.75, 3.05) is 6.61 Å². The van der Waals surface area contributed by atoms with Crippen LogP contribution in [0.3, 0.4) is 0 Å². The third-order valence-corrected chi connectivity index (χ3v) is 6.90. The smallest absolute Gasteiger partial charge is 0.119 e. The molecule has 3 rings (SSSR count). The lowest BCUT2D eigenvalue weighted by atomic mass is 9.80. The number of ether oxygens (including phenoxy) is 1. The Labute approximate surface area is 197 Å². The Balaban J connectivity index is 1.39. The molecule has 1 aliphatic carbocycles. The van der Waals surface area contributed by atoms with Crippen LogP contribution < -0.4 is 4.74 Å². The van der Waals surface area contributed by atoms with E-state index in [1.807, 2.05) is 0 Å². The topological polar surface area (TPSA) is 9.23 Å². The molecule has 0 heterocycles. The summed E-state index contributed by atoms with van der Waals surface area (Å²) in [4.78, 5) is 0. The van der Waals surface area contributed by atoms with Gasteiger partial charge in [-0.1, -0.05) is 89.2 Å². The van der Waals surface area contributed by atoms with Gasteiger partial charge in [-0.2, -0.15) is 0 Å². The molecule has 0 saturated heterocycles. The molecule has 0 amide bonds. The maximum absolute atomic E-state index is 6.10. The highest BCUT2D eigenvalue weighted by molar-refractivity contribution is 5.44. The quantitative estimate of drug-likeness (QED) is 0.256. The predicted molar refractivity (Wildman–Crippen MR) is 137 cm³/mol. The average Bonchev–Trinajstić information content (AvgIpc) is 2.84. The molecule has 2 aromatic rings. The van der Waals surface area contributed by atoms with Gasteiger partial charge in [0.05, 0.1) is 6.61 Å². The zero-order valence-corrected chi connectivity index (χ0v) is 20.4. The summed E-state index contributed by atoms with van der Waals surface area (Å²) >= 11 is 0. The standard InChI is InChI=1S/C31H42O/c1-3-5-7-9-26-11-13-28(14-12-26)15-16-29-21-23-31(24-22-29)32-25-30-19-17-27(18-20-30)10-8-6-4-2/h11-14,21-24,27,30H,3-10,17-20,25H2,1-2H3. The fourth-order valence-corrected chi connectivity index (χ4v) is 4.70. The lowest BCUT2D eigenvalue weighted by Gasteiger charge is -2.28. The molecule has 0 unspecified atom stereocenters. The summed E-state index contributed by atoms with van der Waals surface area (Å²) in [5, 5.41) is 0. The Morgan fingerprint density at radius 1 is 0.688 bits per heavy atom. The molecule has 1 aliphatic rings. The summed E-state index contributed by atoms with van der Waals surface area (Å²) in [6, 6.07) is 17.0. The number of unbranched alkanes of at least 4 members (excludes halogenated alkanes) is 4. The summed E-state index contributed by atoms with van der Waals surface area (Å²) in [6.07, 6.45) is 16.1. The number of hydrogen-bond donors (Lipinski definition) is 0. The molecule has 0 N–H and O–H groups in total. The van der Waals surface area contributed by atoms with E-state index in [2.05, 4.69) is 74.2 Å². The summed E-state index contributed by atoms with van der Waals surface area (Å²) in [5.41, 5.74) is 3.53. The van der Waals surface area contributed by atoms with Crippen LogP contribution in [-0.2, 0) is 6.42 Å². The first-order valence-corrected chi connectivity index (χ1v) is 13.1. The van der Waals surface area contributed by atoms with Gasteiger partial charge in [-0.3, -0.25) is 0 Å². The largest absolute Gasteiger partial charge is 0.493 e. The molecule has 172 valence electrons. The van der Waals surface area contributed by atoms with Crippen LogP contribution >= 0.6 is 0 Å². The second-order valence-corrected chi connectivity index (χ2v) is 9.62. The van der Waals surface area contributed by atoms with Crippen LogP contribution in [0.5, 0.6) is 5.75 Å². The van der Waals surface area contributed by atoms with Crippen molar-refractivity contribution >= 4 is 0 Å². The van der Waals surface area contributed by atoms with Crippen molar-refractivity contribution in [2.45, 2.75) is 90.9 Å². The van der Waals surface area contributed by atoms with Crippen LogP contribution in [0.25, 0.3) is 0 Å². The molecule has 1 nitrogen and oxygen atoms in total. The van der Waals surface area contributed by atoms with E-state index in [-0.39, 0.29) is 0 Å². The monoisotopic (exact) mass is 430 g/mol. The van der Waals surface area contributed by atoms with Crippen molar-refractivity contribution in [1.29, 1.82) is 0 Å². The van der Waals surface area contributed by atoms with Crippen LogP contribution in [0, 0.1) is 23.7 Å². The fourth-order valence-electron chi connectivity index (χ4n) is 4.70. The Kier molecular flexibility index (Phi) is 10.7. The van der Waals surface area contributed by atoms with Gasteiger partial charge in [-0.25, -0.2) is 0 Å². The molecule has 0 aliphatic heterocycles. The first-order valence-electron chi connectivity index (χ1n) is 13.1. The van der Waals surface area contributed by atoms with Gasteiger partial charge < -0.3 is 4.74 Å². The minimum atomic E-state index is 0.724. The Hall–Kier alpha value is -2.20. The van der Waals surface area contributed by atoms with E-state index in [0.29, 0.717) is 0 Å².